The van der Waals surface area contributed by atoms with Crippen molar-refractivity contribution in [3.05, 3.63) is 94.6 Å². The molecule has 1 N–H and O–H groups in total. The number of aromatic nitrogens is 1. The molecule has 0 radical (unpaired) electrons. The molecule has 1 saturated heterocycles. The van der Waals surface area contributed by atoms with E-state index in [9.17, 15) is 14.7 Å². The van der Waals surface area contributed by atoms with E-state index in [0.29, 0.717) is 22.0 Å². The summed E-state index contributed by atoms with van der Waals surface area (Å²) in [6.07, 6.45) is 0. The number of amides is 1. The van der Waals surface area contributed by atoms with Gasteiger partial charge in [0.15, 0.2) is 5.13 Å². The second-order valence-corrected chi connectivity index (χ2v) is 9.29. The predicted molar refractivity (Wildman–Crippen MR) is 133 cm³/mol. The topological polar surface area (TPSA) is 79.7 Å². The van der Waals surface area contributed by atoms with Crippen molar-refractivity contribution in [2.24, 2.45) is 0 Å². The van der Waals surface area contributed by atoms with Gasteiger partial charge >= 0.3 is 5.91 Å². The summed E-state index contributed by atoms with van der Waals surface area (Å²) in [5.41, 5.74) is 4.03. The lowest BCUT2D eigenvalue weighted by atomic mass is 9.95. The van der Waals surface area contributed by atoms with Crippen LogP contribution in [0.3, 0.4) is 0 Å². The second kappa shape index (κ2) is 8.43. The van der Waals surface area contributed by atoms with E-state index in [0.717, 1.165) is 21.3 Å². The SMILES string of the molecule is COc1ccc([C@@H]2/C(=C(\O)c3ccc(C)cc3)C(=O)C(=O)N2c2nc3ccc(C)cc3s2)cc1. The fraction of sp³-hybridized carbons (Fsp3) is 0.148. The zero-order valence-corrected chi connectivity index (χ0v) is 19.7. The van der Waals surface area contributed by atoms with Gasteiger partial charge in [0.05, 0.1) is 28.9 Å². The van der Waals surface area contributed by atoms with Gasteiger partial charge in [-0.2, -0.15) is 0 Å². The number of Topliss-reactive ketones (excluding diaryl/α,β-unsaturated/α-hetero) is 1. The highest BCUT2D eigenvalue weighted by Gasteiger charge is 2.48. The second-order valence-electron chi connectivity index (χ2n) is 8.28. The van der Waals surface area contributed by atoms with Crippen molar-refractivity contribution in [3.8, 4) is 5.75 Å². The molecule has 0 saturated carbocycles. The smallest absolute Gasteiger partial charge is 0.301 e. The number of aliphatic hydroxyl groups excluding tert-OH is 1. The summed E-state index contributed by atoms with van der Waals surface area (Å²) in [4.78, 5) is 32.7. The van der Waals surface area contributed by atoms with Gasteiger partial charge < -0.3 is 9.84 Å². The first-order valence-electron chi connectivity index (χ1n) is 10.8. The van der Waals surface area contributed by atoms with Crippen LogP contribution in [0.15, 0.2) is 72.3 Å². The molecule has 3 aromatic carbocycles. The summed E-state index contributed by atoms with van der Waals surface area (Å²) in [6.45, 7) is 3.93. The summed E-state index contributed by atoms with van der Waals surface area (Å²) in [5.74, 6) is -1.02. The first kappa shape index (κ1) is 21.9. The van der Waals surface area contributed by atoms with Crippen LogP contribution in [-0.4, -0.2) is 28.9 Å². The quantitative estimate of drug-likeness (QED) is 0.240. The normalized spacial score (nSPS) is 17.5. The number of fused-ring (bicyclic) bond motifs is 1. The van der Waals surface area contributed by atoms with Gasteiger partial charge in [-0.25, -0.2) is 4.98 Å². The maximum absolute atomic E-state index is 13.3. The Morgan fingerprint density at radius 2 is 1.65 bits per heavy atom. The largest absolute Gasteiger partial charge is 0.507 e. The number of thiazole rings is 1. The lowest BCUT2D eigenvalue weighted by Crippen LogP contribution is -2.29. The third kappa shape index (κ3) is 3.64. The number of aryl methyl sites for hydroxylation is 2. The number of carbonyl (C=O) groups excluding carboxylic acids is 2. The maximum atomic E-state index is 13.3. The zero-order chi connectivity index (χ0) is 24.0. The summed E-state index contributed by atoms with van der Waals surface area (Å²) in [6, 6.07) is 19.3. The number of benzene rings is 3. The summed E-state index contributed by atoms with van der Waals surface area (Å²) >= 11 is 1.34. The molecule has 34 heavy (non-hydrogen) atoms. The summed E-state index contributed by atoms with van der Waals surface area (Å²) < 4.78 is 6.19. The molecular weight excluding hydrogens is 448 g/mol. The molecule has 170 valence electrons. The molecule has 1 aromatic heterocycles. The van der Waals surface area contributed by atoms with Gasteiger partial charge in [0.2, 0.25) is 0 Å². The molecule has 0 unspecified atom stereocenters. The van der Waals surface area contributed by atoms with Crippen LogP contribution < -0.4 is 9.64 Å². The van der Waals surface area contributed by atoms with Crippen LogP contribution in [-0.2, 0) is 9.59 Å². The standard InChI is InChI=1S/C27H22N2O4S/c1-15-4-7-18(8-5-15)24(30)22-23(17-9-11-19(33-3)12-10-17)29(26(32)25(22)31)27-28-20-13-6-16(2)14-21(20)34-27/h4-14,23,30H,1-3H3/b24-22+/t23-/m1/s1. The highest BCUT2D eigenvalue weighted by molar-refractivity contribution is 7.22. The average molecular weight is 471 g/mol. The number of nitrogens with zero attached hydrogens (tertiary/aromatic N) is 2. The minimum Gasteiger partial charge on any atom is -0.507 e. The lowest BCUT2D eigenvalue weighted by Gasteiger charge is -2.23. The van der Waals surface area contributed by atoms with Crippen LogP contribution in [0.4, 0.5) is 5.13 Å². The number of hydrogen-bond donors (Lipinski definition) is 1. The van der Waals surface area contributed by atoms with Crippen LogP contribution in [0.25, 0.3) is 16.0 Å². The Morgan fingerprint density at radius 3 is 2.32 bits per heavy atom. The molecule has 1 fully saturated rings. The first-order chi connectivity index (χ1) is 16.4. The Morgan fingerprint density at radius 1 is 0.971 bits per heavy atom. The number of anilines is 1. The Labute approximate surface area is 200 Å². The van der Waals surface area contributed by atoms with Gasteiger partial charge in [-0.3, -0.25) is 14.5 Å². The van der Waals surface area contributed by atoms with Crippen molar-refractivity contribution < 1.29 is 19.4 Å². The number of rotatable bonds is 4. The fourth-order valence-corrected chi connectivity index (χ4v) is 5.21. The number of ketones is 1. The highest BCUT2D eigenvalue weighted by atomic mass is 32.1. The van der Waals surface area contributed by atoms with E-state index in [1.807, 2.05) is 44.2 Å². The van der Waals surface area contributed by atoms with Crippen LogP contribution in [0, 0.1) is 13.8 Å². The van der Waals surface area contributed by atoms with Crippen LogP contribution in [0.5, 0.6) is 5.75 Å². The van der Waals surface area contributed by atoms with Gasteiger partial charge in [0, 0.05) is 5.56 Å². The summed E-state index contributed by atoms with van der Waals surface area (Å²) in [5, 5.41) is 11.6. The fourth-order valence-electron chi connectivity index (χ4n) is 4.12. The Hall–Kier alpha value is -3.97. The number of methoxy groups -OCH3 is 1. The van der Waals surface area contributed by atoms with Crippen molar-refractivity contribution in [1.29, 1.82) is 0 Å². The minimum atomic E-state index is -0.825. The van der Waals surface area contributed by atoms with Crippen LogP contribution >= 0.6 is 11.3 Å². The number of hydrogen-bond acceptors (Lipinski definition) is 6. The van der Waals surface area contributed by atoms with Crippen molar-refractivity contribution >= 4 is 44.1 Å². The third-order valence-electron chi connectivity index (χ3n) is 5.94. The molecule has 1 aliphatic heterocycles. The van der Waals surface area contributed by atoms with Gasteiger partial charge in [0.25, 0.3) is 5.78 Å². The van der Waals surface area contributed by atoms with E-state index < -0.39 is 17.7 Å². The van der Waals surface area contributed by atoms with Crippen LogP contribution in [0.1, 0.15) is 28.3 Å². The molecule has 2 heterocycles. The van der Waals surface area contributed by atoms with E-state index in [2.05, 4.69) is 4.98 Å². The molecule has 1 amide bonds. The number of aliphatic hydroxyl groups is 1. The van der Waals surface area contributed by atoms with Crippen molar-refractivity contribution in [2.45, 2.75) is 19.9 Å². The highest BCUT2D eigenvalue weighted by Crippen LogP contribution is 2.44. The molecule has 4 aromatic rings. The van der Waals surface area contributed by atoms with E-state index in [1.54, 1.807) is 43.5 Å². The van der Waals surface area contributed by atoms with E-state index >= 15 is 0 Å². The predicted octanol–water partition coefficient (Wildman–Crippen LogP) is 5.55. The van der Waals surface area contributed by atoms with Gasteiger partial charge in [0.1, 0.15) is 11.5 Å². The Balaban J connectivity index is 1.72. The molecule has 1 aliphatic rings. The van der Waals surface area contributed by atoms with Crippen molar-refractivity contribution in [2.75, 3.05) is 12.0 Å². The molecule has 5 rings (SSSR count). The molecule has 0 spiro atoms. The monoisotopic (exact) mass is 470 g/mol. The molecule has 7 heteroatoms. The van der Waals surface area contributed by atoms with E-state index in [1.165, 1.54) is 16.2 Å². The molecule has 1 atom stereocenters. The van der Waals surface area contributed by atoms with E-state index in [4.69, 9.17) is 4.74 Å². The van der Waals surface area contributed by atoms with Crippen molar-refractivity contribution in [1.82, 2.24) is 4.98 Å². The average Bonchev–Trinajstić information content (AvgIpc) is 3.37. The summed E-state index contributed by atoms with van der Waals surface area (Å²) in [7, 11) is 1.57. The van der Waals surface area contributed by atoms with Gasteiger partial charge in [-0.1, -0.05) is 59.4 Å². The molecule has 0 aliphatic carbocycles. The van der Waals surface area contributed by atoms with Crippen molar-refractivity contribution in [3.63, 3.8) is 0 Å². The Bertz CT molecular complexity index is 1450. The maximum Gasteiger partial charge on any atom is 0.301 e. The first-order valence-corrected chi connectivity index (χ1v) is 11.6. The van der Waals surface area contributed by atoms with E-state index in [-0.39, 0.29) is 11.3 Å². The molecule has 0 bridgehead atoms. The Kier molecular flexibility index (Phi) is 5.42. The lowest BCUT2D eigenvalue weighted by molar-refractivity contribution is -0.132. The minimum absolute atomic E-state index is 0.0365. The molecule has 6 nitrogen and oxygen atoms in total. The van der Waals surface area contributed by atoms with Gasteiger partial charge in [-0.05, 0) is 49.2 Å². The molecular formula is C27H22N2O4S. The number of carbonyl (C=O) groups is 2. The van der Waals surface area contributed by atoms with Gasteiger partial charge in [-0.15, -0.1) is 0 Å². The van der Waals surface area contributed by atoms with Crippen LogP contribution in [0.2, 0.25) is 0 Å². The number of ether oxygens (including phenoxy) is 1. The zero-order valence-electron chi connectivity index (χ0n) is 18.9. The third-order valence-corrected chi connectivity index (χ3v) is 6.96.